The second-order valence-corrected chi connectivity index (χ2v) is 6.43. The van der Waals surface area contributed by atoms with E-state index < -0.39 is 17.8 Å². The molecule has 0 unspecified atom stereocenters. The van der Waals surface area contributed by atoms with Crippen molar-refractivity contribution in [2.75, 3.05) is 29.9 Å². The highest BCUT2D eigenvalue weighted by molar-refractivity contribution is 5.93. The zero-order valence-electron chi connectivity index (χ0n) is 14.8. The van der Waals surface area contributed by atoms with Crippen LogP contribution in [-0.2, 0) is 12.7 Å². The number of aromatic nitrogens is 2. The Bertz CT molecular complexity index is 755. The Morgan fingerprint density at radius 1 is 1.22 bits per heavy atom. The fourth-order valence-corrected chi connectivity index (χ4v) is 3.09. The molecule has 1 aliphatic heterocycles. The summed E-state index contributed by atoms with van der Waals surface area (Å²) in [6.45, 7) is 2.58. The molecule has 2 amide bonds. The molecule has 2 heterocycles. The summed E-state index contributed by atoms with van der Waals surface area (Å²) in [7, 11) is 0. The van der Waals surface area contributed by atoms with E-state index in [2.05, 4.69) is 15.7 Å². The van der Waals surface area contributed by atoms with Crippen molar-refractivity contribution in [2.45, 2.75) is 32.0 Å². The summed E-state index contributed by atoms with van der Waals surface area (Å²) in [6, 6.07) is 4.78. The number of benzene rings is 1. The highest BCUT2D eigenvalue weighted by Gasteiger charge is 2.32. The highest BCUT2D eigenvalue weighted by Crippen LogP contribution is 2.36. The van der Waals surface area contributed by atoms with E-state index in [-0.39, 0.29) is 5.69 Å². The minimum Gasteiger partial charge on any atom is -0.370 e. The molecule has 1 aromatic heterocycles. The van der Waals surface area contributed by atoms with Crippen molar-refractivity contribution < 1.29 is 18.0 Å². The zero-order chi connectivity index (χ0) is 19.3. The topological polar surface area (TPSA) is 62.2 Å². The van der Waals surface area contributed by atoms with Gasteiger partial charge in [0.25, 0.3) is 0 Å². The van der Waals surface area contributed by atoms with E-state index in [1.165, 1.54) is 6.07 Å². The maximum atomic E-state index is 13.0. The van der Waals surface area contributed by atoms with Gasteiger partial charge in [-0.2, -0.15) is 18.3 Å². The van der Waals surface area contributed by atoms with Gasteiger partial charge >= 0.3 is 12.2 Å². The predicted octanol–water partition coefficient (Wildman–Crippen LogP) is 3.71. The first-order valence-electron chi connectivity index (χ1n) is 8.92. The molecule has 0 aliphatic carbocycles. The summed E-state index contributed by atoms with van der Waals surface area (Å²) in [5, 5.41) is 9.32. The molecule has 3 rings (SSSR count). The maximum Gasteiger partial charge on any atom is 0.416 e. The van der Waals surface area contributed by atoms with E-state index in [1.54, 1.807) is 10.9 Å². The first-order valence-corrected chi connectivity index (χ1v) is 8.92. The van der Waals surface area contributed by atoms with E-state index in [1.807, 2.05) is 17.2 Å². The van der Waals surface area contributed by atoms with Crippen LogP contribution in [0.25, 0.3) is 0 Å². The predicted molar refractivity (Wildman–Crippen MR) is 96.8 cm³/mol. The SMILES string of the molecule is O=C(NCCCn1cccn1)Nc1cc(C(F)(F)F)ccc1N1CCCC1. The first-order chi connectivity index (χ1) is 12.9. The number of urea groups is 1. The lowest BCUT2D eigenvalue weighted by atomic mass is 10.1. The third kappa shape index (κ3) is 5.15. The summed E-state index contributed by atoms with van der Waals surface area (Å²) in [4.78, 5) is 14.2. The van der Waals surface area contributed by atoms with E-state index in [4.69, 9.17) is 0 Å². The van der Waals surface area contributed by atoms with Crippen molar-refractivity contribution >= 4 is 17.4 Å². The Morgan fingerprint density at radius 3 is 2.67 bits per heavy atom. The van der Waals surface area contributed by atoms with Crippen molar-refractivity contribution in [3.63, 3.8) is 0 Å². The number of carbonyl (C=O) groups excluding carboxylic acids is 1. The molecule has 2 N–H and O–H groups in total. The standard InChI is InChI=1S/C18H22F3N5O/c19-18(20,21)14-5-6-16(25-9-1-2-10-25)15(13-14)24-17(27)22-7-3-11-26-12-4-8-23-26/h4-6,8,12-13H,1-3,7,9-11H2,(H2,22,24,27). The Hall–Kier alpha value is -2.71. The van der Waals surface area contributed by atoms with Crippen molar-refractivity contribution in [3.05, 3.63) is 42.2 Å². The van der Waals surface area contributed by atoms with Gasteiger partial charge in [-0.25, -0.2) is 4.79 Å². The number of aryl methyl sites for hydroxylation is 1. The lowest BCUT2D eigenvalue weighted by Crippen LogP contribution is -2.31. The van der Waals surface area contributed by atoms with Crippen LogP contribution in [0.2, 0.25) is 0 Å². The summed E-state index contributed by atoms with van der Waals surface area (Å²) in [5.41, 5.74) is 0.0166. The number of amides is 2. The Kier molecular flexibility index (Phi) is 5.88. The van der Waals surface area contributed by atoms with Gasteiger partial charge in [-0.1, -0.05) is 0 Å². The third-order valence-electron chi connectivity index (χ3n) is 4.43. The number of anilines is 2. The van der Waals surface area contributed by atoms with Crippen LogP contribution in [-0.4, -0.2) is 35.4 Å². The van der Waals surface area contributed by atoms with Gasteiger partial charge in [-0.3, -0.25) is 4.68 Å². The largest absolute Gasteiger partial charge is 0.416 e. The van der Waals surface area contributed by atoms with Gasteiger partial charge in [-0.05, 0) is 43.5 Å². The molecule has 0 bridgehead atoms. The molecule has 1 fully saturated rings. The lowest BCUT2D eigenvalue weighted by Gasteiger charge is -2.23. The summed E-state index contributed by atoms with van der Waals surface area (Å²) in [6.07, 6.45) is 1.68. The lowest BCUT2D eigenvalue weighted by molar-refractivity contribution is -0.137. The van der Waals surface area contributed by atoms with Crippen molar-refractivity contribution in [1.82, 2.24) is 15.1 Å². The Balaban J connectivity index is 1.62. The highest BCUT2D eigenvalue weighted by atomic mass is 19.4. The number of hydrogen-bond acceptors (Lipinski definition) is 3. The van der Waals surface area contributed by atoms with Crippen LogP contribution >= 0.6 is 0 Å². The minimum absolute atomic E-state index is 0.177. The smallest absolute Gasteiger partial charge is 0.370 e. The molecule has 2 aromatic rings. The number of nitrogens with one attached hydrogen (secondary N) is 2. The quantitative estimate of drug-likeness (QED) is 0.750. The van der Waals surface area contributed by atoms with E-state index in [9.17, 15) is 18.0 Å². The normalized spacial score (nSPS) is 14.4. The Labute approximate surface area is 155 Å². The van der Waals surface area contributed by atoms with Gasteiger partial charge in [0.15, 0.2) is 0 Å². The molecule has 0 saturated carbocycles. The van der Waals surface area contributed by atoms with Crippen molar-refractivity contribution in [2.24, 2.45) is 0 Å². The van der Waals surface area contributed by atoms with E-state index in [0.717, 1.165) is 38.1 Å². The van der Waals surface area contributed by atoms with Gasteiger partial charge in [0.05, 0.1) is 16.9 Å². The van der Waals surface area contributed by atoms with Gasteiger partial charge in [-0.15, -0.1) is 0 Å². The van der Waals surface area contributed by atoms with E-state index in [0.29, 0.717) is 25.2 Å². The summed E-state index contributed by atoms with van der Waals surface area (Å²) < 4.78 is 40.9. The second kappa shape index (κ2) is 8.32. The van der Waals surface area contributed by atoms with Gasteiger partial charge in [0.1, 0.15) is 0 Å². The second-order valence-electron chi connectivity index (χ2n) is 6.43. The van der Waals surface area contributed by atoms with Crippen LogP contribution in [0.15, 0.2) is 36.7 Å². The molecule has 27 heavy (non-hydrogen) atoms. The number of carbonyl (C=O) groups is 1. The number of alkyl halides is 3. The molecule has 1 aromatic carbocycles. The average Bonchev–Trinajstić information content (AvgIpc) is 3.31. The third-order valence-corrected chi connectivity index (χ3v) is 4.43. The molecule has 1 aliphatic rings. The minimum atomic E-state index is -4.46. The summed E-state index contributed by atoms with van der Waals surface area (Å²) in [5.74, 6) is 0. The van der Waals surface area contributed by atoms with Gasteiger partial charge in [0, 0.05) is 38.6 Å². The zero-order valence-corrected chi connectivity index (χ0v) is 14.8. The number of halogens is 3. The molecule has 0 atom stereocenters. The van der Waals surface area contributed by atoms with Gasteiger partial charge in [0.2, 0.25) is 0 Å². The fourth-order valence-electron chi connectivity index (χ4n) is 3.09. The van der Waals surface area contributed by atoms with Crippen LogP contribution in [0, 0.1) is 0 Å². The first kappa shape index (κ1) is 19.1. The van der Waals surface area contributed by atoms with Crippen LogP contribution in [0.1, 0.15) is 24.8 Å². The maximum absolute atomic E-state index is 13.0. The van der Waals surface area contributed by atoms with Crippen molar-refractivity contribution in [3.8, 4) is 0 Å². The molecule has 1 saturated heterocycles. The van der Waals surface area contributed by atoms with Crippen LogP contribution in [0.3, 0.4) is 0 Å². The monoisotopic (exact) mass is 381 g/mol. The molecule has 6 nitrogen and oxygen atoms in total. The fraction of sp³-hybridized carbons (Fsp3) is 0.444. The molecule has 9 heteroatoms. The number of hydrogen-bond donors (Lipinski definition) is 2. The average molecular weight is 381 g/mol. The molecule has 0 radical (unpaired) electrons. The molecular weight excluding hydrogens is 359 g/mol. The van der Waals surface area contributed by atoms with E-state index >= 15 is 0 Å². The Morgan fingerprint density at radius 2 is 2.00 bits per heavy atom. The van der Waals surface area contributed by atoms with Crippen LogP contribution in [0.4, 0.5) is 29.3 Å². The number of nitrogens with zero attached hydrogens (tertiary/aromatic N) is 3. The number of rotatable bonds is 6. The van der Waals surface area contributed by atoms with Crippen LogP contribution in [0.5, 0.6) is 0 Å². The molecule has 0 spiro atoms. The van der Waals surface area contributed by atoms with Gasteiger partial charge < -0.3 is 15.5 Å². The molecule has 146 valence electrons. The van der Waals surface area contributed by atoms with Crippen molar-refractivity contribution in [1.29, 1.82) is 0 Å². The summed E-state index contributed by atoms with van der Waals surface area (Å²) >= 11 is 0. The molecular formula is C18H22F3N5O. The van der Waals surface area contributed by atoms with Crippen LogP contribution < -0.4 is 15.5 Å².